The van der Waals surface area contributed by atoms with E-state index in [0.717, 1.165) is 38.6 Å². The van der Waals surface area contributed by atoms with E-state index in [1.54, 1.807) is 0 Å². The number of terminal acetylenes is 1. The van der Waals surface area contributed by atoms with E-state index in [-0.39, 0.29) is 18.0 Å². The lowest BCUT2D eigenvalue weighted by Crippen LogP contribution is -2.52. The molecule has 5 aliphatic carbocycles. The van der Waals surface area contributed by atoms with Crippen molar-refractivity contribution in [2.75, 3.05) is 0 Å². The second kappa shape index (κ2) is 13.9. The number of benzene rings is 6. The van der Waals surface area contributed by atoms with Gasteiger partial charge in [-0.25, -0.2) is 0 Å². The minimum absolute atomic E-state index is 0.163. The van der Waals surface area contributed by atoms with Gasteiger partial charge in [-0.2, -0.15) is 0 Å². The maximum Gasteiger partial charge on any atom is 0.164 e. The zero-order valence-corrected chi connectivity index (χ0v) is 39.5. The molecule has 6 aromatic carbocycles. The van der Waals surface area contributed by atoms with Crippen LogP contribution in [0.4, 0.5) is 0 Å². The Morgan fingerprint density at radius 2 is 1.00 bits per heavy atom. The molecule has 5 aliphatic rings. The summed E-state index contributed by atoms with van der Waals surface area (Å²) in [5, 5.41) is 0. The Labute approximate surface area is 389 Å². The molecule has 290 valence electrons. The molecule has 1 unspecified atom stereocenters. The molecule has 64 heavy (non-hydrogen) atoms. The highest BCUT2D eigenvalue weighted by molar-refractivity contribution is 6.64. The molecule has 6 aromatic rings. The van der Waals surface area contributed by atoms with Gasteiger partial charge in [-0.05, 0) is 100 Å². The number of allylic oxidation sites excluding steroid dienone is 8. The van der Waals surface area contributed by atoms with E-state index in [9.17, 15) is 0 Å². The highest BCUT2D eigenvalue weighted by Crippen LogP contribution is 2.67. The molecular weight excluding hydrogens is 758 g/mol. The summed E-state index contributed by atoms with van der Waals surface area (Å²) in [4.78, 5) is 15.7. The van der Waals surface area contributed by atoms with E-state index in [2.05, 4.69) is 197 Å². The molecule has 13 heteroatoms. The molecule has 0 amide bonds. The first-order valence-corrected chi connectivity index (χ1v) is 23.2. The van der Waals surface area contributed by atoms with Crippen LogP contribution in [0.25, 0.3) is 33.4 Å². The maximum absolute atomic E-state index is 15.7. The van der Waals surface area contributed by atoms with Gasteiger partial charge in [0.05, 0.1) is 10.8 Å². The first kappa shape index (κ1) is 41.0. The van der Waals surface area contributed by atoms with Crippen molar-refractivity contribution in [1.82, 2.24) is 0 Å². The minimum atomic E-state index is -0.617. The number of carbonyl (C=O) groups is 1. The van der Waals surface area contributed by atoms with Crippen LogP contribution in [-0.2, 0) is 10.8 Å². The van der Waals surface area contributed by atoms with Crippen LogP contribution in [0.5, 0.6) is 0 Å². The van der Waals surface area contributed by atoms with Gasteiger partial charge in [-0.1, -0.05) is 141 Å². The fraction of sp³-hybridized carbons (Fsp3) is 0.0784. The van der Waals surface area contributed by atoms with Crippen molar-refractivity contribution in [1.29, 1.82) is 0 Å². The molecule has 0 saturated carbocycles. The molecule has 0 bridgehead atoms. The number of Topliss-reactive ketones (excluding diaryl/α,β-unsaturated/α-hetero) is 1. The summed E-state index contributed by atoms with van der Waals surface area (Å²) in [6.45, 7) is 0. The number of carbonyl (C=O) groups excluding carboxylic acids is 1. The van der Waals surface area contributed by atoms with Crippen molar-refractivity contribution in [3.05, 3.63) is 180 Å². The summed E-state index contributed by atoms with van der Waals surface area (Å²) < 4.78 is 0. The zero-order valence-electron chi connectivity index (χ0n) is 39.5. The van der Waals surface area contributed by atoms with Crippen molar-refractivity contribution < 1.29 is 4.79 Å². The van der Waals surface area contributed by atoms with Crippen molar-refractivity contribution in [3.8, 4) is 34.6 Å². The molecule has 1 nitrogen and oxygen atoms in total. The monoisotopic (exact) mass is 804 g/mol. The Hall–Kier alpha value is -5.71. The van der Waals surface area contributed by atoms with Crippen LogP contribution < -0.4 is 38.2 Å². The largest absolute Gasteiger partial charge is 0.294 e. The van der Waals surface area contributed by atoms with Crippen molar-refractivity contribution >= 4 is 149 Å². The predicted molar refractivity (Wildman–Crippen MR) is 306 cm³/mol. The van der Waals surface area contributed by atoms with Crippen LogP contribution >= 0.6 is 0 Å². The quantitative estimate of drug-likeness (QED) is 0.0992. The number of ketones is 1. The summed E-state index contributed by atoms with van der Waals surface area (Å²) >= 11 is 0. The topological polar surface area (TPSA) is 17.1 Å². The van der Waals surface area contributed by atoms with Gasteiger partial charge in [-0.3, -0.25) is 4.79 Å². The lowest BCUT2D eigenvalue weighted by atomic mass is 9.55. The highest BCUT2D eigenvalue weighted by Gasteiger charge is 2.58. The summed E-state index contributed by atoms with van der Waals surface area (Å²) in [6.07, 6.45) is 6.84. The van der Waals surface area contributed by atoms with Crippen molar-refractivity contribution in [3.63, 3.8) is 0 Å². The van der Waals surface area contributed by atoms with E-state index >= 15 is 4.79 Å². The summed E-state index contributed by atoms with van der Waals surface area (Å²) in [6, 6.07) is 36.0. The van der Waals surface area contributed by atoms with E-state index in [0.29, 0.717) is 0 Å². The highest BCUT2D eigenvalue weighted by atomic mass is 16.1. The molecule has 0 N–H and O–H groups in total. The SMILES string of the molecule is BC1=C(B)C(B)C2=C1c1c(B)c(C(=O)C/C(B)=C3\C(=C(\B)C#C)C4(c5ccccc5-c5ccccc54)c4c(B)c(B)c(B)c(B)c43)c(B)c(B)c1C21c2ccccc2-c2ccccc21. The van der Waals surface area contributed by atoms with E-state index in [1.807, 2.05) is 0 Å². The van der Waals surface area contributed by atoms with Crippen molar-refractivity contribution in [2.24, 2.45) is 0 Å². The van der Waals surface area contributed by atoms with Crippen LogP contribution in [0.3, 0.4) is 0 Å². The predicted octanol–water partition coefficient (Wildman–Crippen LogP) is -6.04. The molecule has 0 aromatic heterocycles. The van der Waals surface area contributed by atoms with E-state index in [1.165, 1.54) is 116 Å². The average molecular weight is 803 g/mol. The van der Waals surface area contributed by atoms with Crippen LogP contribution in [0, 0.1) is 12.3 Å². The summed E-state index contributed by atoms with van der Waals surface area (Å²) in [5.41, 5.74) is 33.8. The summed E-state index contributed by atoms with van der Waals surface area (Å²) in [5.74, 6) is 3.59. The molecule has 1 atom stereocenters. The van der Waals surface area contributed by atoms with Crippen LogP contribution in [0.1, 0.15) is 61.3 Å². The van der Waals surface area contributed by atoms with E-state index < -0.39 is 10.8 Å². The first-order chi connectivity index (χ1) is 30.7. The number of hydrogen-bond acceptors (Lipinski definition) is 1. The molecule has 0 fully saturated rings. The average Bonchev–Trinajstić information content (AvgIpc) is 4.04. The molecule has 11 rings (SSSR count). The molecule has 0 heterocycles. The van der Waals surface area contributed by atoms with Crippen LogP contribution in [0.2, 0.25) is 5.82 Å². The minimum Gasteiger partial charge on any atom is -0.294 e. The molecule has 0 aliphatic heterocycles. The van der Waals surface area contributed by atoms with Crippen LogP contribution in [-0.4, -0.2) is 99.9 Å². The smallest absolute Gasteiger partial charge is 0.164 e. The Balaban J connectivity index is 1.17. The lowest BCUT2D eigenvalue weighted by molar-refractivity contribution is 0.0997. The van der Waals surface area contributed by atoms with Gasteiger partial charge in [0.15, 0.2) is 13.6 Å². The fourth-order valence-corrected chi connectivity index (χ4v) is 14.0. The van der Waals surface area contributed by atoms with Crippen LogP contribution in [0.15, 0.2) is 130 Å². The van der Waals surface area contributed by atoms with Gasteiger partial charge in [-0.15, -0.1) is 22.8 Å². The van der Waals surface area contributed by atoms with Gasteiger partial charge < -0.3 is 0 Å². The zero-order chi connectivity index (χ0) is 45.0. The Bertz CT molecular complexity index is 3340. The maximum atomic E-state index is 15.7. The number of rotatable bonds is 3. The van der Waals surface area contributed by atoms with E-state index in [4.69, 9.17) is 6.42 Å². The normalized spacial score (nSPS) is 18.9. The standard InChI is InChI=1S/C51H44B12O/c1-2-28(52)36-31(33-37(46(60)49(63)48(62)42(33)56)50(36)24-15-7-3-11-20(24)21-12-4-8-16-25(21)50)29(53)19-30(64)32-40(54)34-35-39(45(59)47(61)43(35)57)51(38(34)44(58)41(32)55)26-17-9-5-13-22(26)23-14-6-10-18-27(23)51/h1,3-18,45H,19,52-63H2/b31-29+,36-28-. The summed E-state index contributed by atoms with van der Waals surface area (Å²) in [7, 11) is 27.2. The Kier molecular flexibility index (Phi) is 8.91. The van der Waals surface area contributed by atoms with Gasteiger partial charge >= 0.3 is 0 Å². The molecule has 0 radical (unpaired) electrons. The third-order valence-electron chi connectivity index (χ3n) is 17.2. The third-order valence-corrected chi connectivity index (χ3v) is 17.2. The second-order valence-corrected chi connectivity index (χ2v) is 19.7. The van der Waals surface area contributed by atoms with Gasteiger partial charge in [0.2, 0.25) is 0 Å². The van der Waals surface area contributed by atoms with Gasteiger partial charge in [0.25, 0.3) is 0 Å². The van der Waals surface area contributed by atoms with Gasteiger partial charge in [0, 0.05) is 12.0 Å². The fourth-order valence-electron chi connectivity index (χ4n) is 14.0. The van der Waals surface area contributed by atoms with Gasteiger partial charge in [0.1, 0.15) is 86.3 Å². The number of fused-ring (bicyclic) bond motifs is 16. The van der Waals surface area contributed by atoms with Crippen molar-refractivity contribution in [2.45, 2.75) is 23.1 Å². The Morgan fingerprint density at radius 1 is 0.562 bits per heavy atom. The number of hydrogen-bond donors (Lipinski definition) is 0. The third kappa shape index (κ3) is 4.65. The lowest BCUT2D eigenvalue weighted by Gasteiger charge is -2.37. The molecule has 2 spiro atoms. The Morgan fingerprint density at radius 3 is 1.50 bits per heavy atom. The first-order valence-electron chi connectivity index (χ1n) is 23.2. The molecular formula is C51H44B12O. The second-order valence-electron chi connectivity index (χ2n) is 19.7. The molecule has 0 saturated heterocycles.